The van der Waals surface area contributed by atoms with Gasteiger partial charge in [-0.3, -0.25) is 0 Å². The van der Waals surface area contributed by atoms with Gasteiger partial charge in [0.1, 0.15) is 0 Å². The summed E-state index contributed by atoms with van der Waals surface area (Å²) in [5.74, 6) is 0. The van der Waals surface area contributed by atoms with Crippen molar-refractivity contribution in [3.05, 3.63) is 37.0 Å². The van der Waals surface area contributed by atoms with Crippen molar-refractivity contribution in [3.63, 3.8) is 0 Å². The summed E-state index contributed by atoms with van der Waals surface area (Å²) in [5.41, 5.74) is -0.656. The van der Waals surface area contributed by atoms with E-state index in [4.69, 9.17) is 0 Å². The highest BCUT2D eigenvalue weighted by molar-refractivity contribution is 5.12. The summed E-state index contributed by atoms with van der Waals surface area (Å²) in [6, 6.07) is 0. The fourth-order valence-corrected chi connectivity index (χ4v) is 1.61. The van der Waals surface area contributed by atoms with Gasteiger partial charge in [-0.2, -0.15) is 0 Å². The van der Waals surface area contributed by atoms with Gasteiger partial charge in [-0.1, -0.05) is 30.4 Å². The van der Waals surface area contributed by atoms with Gasteiger partial charge in [0, 0.05) is 0 Å². The lowest BCUT2D eigenvalue weighted by Gasteiger charge is -2.22. The van der Waals surface area contributed by atoms with Gasteiger partial charge in [0.05, 0.1) is 5.60 Å². The van der Waals surface area contributed by atoms with Crippen LogP contribution in [0.1, 0.15) is 32.1 Å². The summed E-state index contributed by atoms with van der Waals surface area (Å²) in [4.78, 5) is 0. The lowest BCUT2D eigenvalue weighted by molar-refractivity contribution is 0.0820. The molecule has 0 amide bonds. The largest absolute Gasteiger partial charge is 0.385 e. The highest BCUT2D eigenvalue weighted by atomic mass is 16.3. The molecule has 0 saturated carbocycles. The molecule has 0 aromatic carbocycles. The Balaban J connectivity index is 2.64. The zero-order valence-electron chi connectivity index (χ0n) is 8.08. The second kappa shape index (κ2) is 5.03. The van der Waals surface area contributed by atoms with Crippen LogP contribution in [0.25, 0.3) is 0 Å². The summed E-state index contributed by atoms with van der Waals surface area (Å²) < 4.78 is 0. The molecule has 1 nitrogen and oxygen atoms in total. The van der Waals surface area contributed by atoms with Gasteiger partial charge in [-0.15, -0.1) is 6.58 Å². The van der Waals surface area contributed by atoms with E-state index in [9.17, 15) is 5.11 Å². The summed E-state index contributed by atoms with van der Waals surface area (Å²) in [6.07, 6.45) is 14.6. The molecule has 0 heterocycles. The maximum Gasteiger partial charge on any atom is 0.0864 e. The van der Waals surface area contributed by atoms with Gasteiger partial charge in [-0.05, 0) is 32.1 Å². The second-order valence-electron chi connectivity index (χ2n) is 3.63. The van der Waals surface area contributed by atoms with Gasteiger partial charge in [0.25, 0.3) is 0 Å². The second-order valence-corrected chi connectivity index (χ2v) is 3.63. The van der Waals surface area contributed by atoms with Crippen LogP contribution in [0.4, 0.5) is 0 Å². The van der Waals surface area contributed by atoms with E-state index in [2.05, 4.69) is 12.7 Å². The maximum absolute atomic E-state index is 10.1. The standard InChI is InChI=1S/C12H18O/c1-2-9-12(13)10-7-5-3-4-6-8-11-12/h2-3,5,7,10,13H,1,4,6,8-9,11H2/b5-3+,10-7-. The Bertz CT molecular complexity index is 215. The molecular formula is C12H18O. The Morgan fingerprint density at radius 2 is 2.23 bits per heavy atom. The van der Waals surface area contributed by atoms with Crippen LogP contribution >= 0.6 is 0 Å². The molecule has 13 heavy (non-hydrogen) atoms. The molecule has 0 spiro atoms. The molecule has 1 heteroatoms. The van der Waals surface area contributed by atoms with Crippen LogP contribution in [0.5, 0.6) is 0 Å². The summed E-state index contributed by atoms with van der Waals surface area (Å²) in [7, 11) is 0. The van der Waals surface area contributed by atoms with Crippen molar-refractivity contribution >= 4 is 0 Å². The molecule has 0 bridgehead atoms. The van der Waals surface area contributed by atoms with E-state index in [-0.39, 0.29) is 0 Å². The van der Waals surface area contributed by atoms with Crippen LogP contribution in [-0.2, 0) is 0 Å². The molecule has 0 fully saturated rings. The van der Waals surface area contributed by atoms with Crippen molar-refractivity contribution in [2.45, 2.75) is 37.7 Å². The molecule has 1 N–H and O–H groups in total. The van der Waals surface area contributed by atoms with Crippen LogP contribution in [0, 0.1) is 0 Å². The minimum absolute atomic E-state index is 0.650. The van der Waals surface area contributed by atoms with Crippen LogP contribution < -0.4 is 0 Å². The molecule has 1 rings (SSSR count). The average molecular weight is 178 g/mol. The fourth-order valence-electron chi connectivity index (χ4n) is 1.61. The molecule has 1 aliphatic rings. The lowest BCUT2D eigenvalue weighted by atomic mass is 9.92. The first kappa shape index (κ1) is 10.3. The predicted octanol–water partition coefficient (Wildman–Crippen LogP) is 2.98. The minimum atomic E-state index is -0.656. The average Bonchev–Trinajstić information content (AvgIpc) is 2.18. The zero-order chi connectivity index (χ0) is 9.57. The quantitative estimate of drug-likeness (QED) is 0.644. The zero-order valence-corrected chi connectivity index (χ0v) is 8.08. The van der Waals surface area contributed by atoms with Crippen molar-refractivity contribution in [3.8, 4) is 0 Å². The van der Waals surface area contributed by atoms with Gasteiger partial charge in [-0.25, -0.2) is 0 Å². The van der Waals surface area contributed by atoms with E-state index in [0.717, 1.165) is 25.7 Å². The number of allylic oxidation sites excluding steroid dienone is 3. The maximum atomic E-state index is 10.1. The third-order valence-electron chi connectivity index (χ3n) is 2.38. The summed E-state index contributed by atoms with van der Waals surface area (Å²) in [5, 5.41) is 10.1. The first-order valence-corrected chi connectivity index (χ1v) is 4.94. The van der Waals surface area contributed by atoms with Crippen molar-refractivity contribution in [1.82, 2.24) is 0 Å². The Hall–Kier alpha value is -0.820. The molecule has 0 aromatic rings. The first-order valence-electron chi connectivity index (χ1n) is 4.94. The third-order valence-corrected chi connectivity index (χ3v) is 2.38. The Morgan fingerprint density at radius 1 is 1.38 bits per heavy atom. The van der Waals surface area contributed by atoms with E-state index in [1.165, 1.54) is 0 Å². The minimum Gasteiger partial charge on any atom is -0.385 e. The van der Waals surface area contributed by atoms with E-state index in [0.29, 0.717) is 6.42 Å². The predicted molar refractivity (Wildman–Crippen MR) is 56.5 cm³/mol. The summed E-state index contributed by atoms with van der Waals surface area (Å²) in [6.45, 7) is 3.67. The molecule has 0 saturated heterocycles. The van der Waals surface area contributed by atoms with Crippen LogP contribution in [-0.4, -0.2) is 10.7 Å². The molecule has 1 unspecified atom stereocenters. The Kier molecular flexibility index (Phi) is 3.97. The number of hydrogen-bond acceptors (Lipinski definition) is 1. The Labute approximate surface area is 80.5 Å². The van der Waals surface area contributed by atoms with Gasteiger partial charge >= 0.3 is 0 Å². The number of aliphatic hydroxyl groups is 1. The van der Waals surface area contributed by atoms with Crippen molar-refractivity contribution in [2.24, 2.45) is 0 Å². The normalized spacial score (nSPS) is 33.9. The van der Waals surface area contributed by atoms with Crippen LogP contribution in [0.2, 0.25) is 0 Å². The molecule has 1 aliphatic carbocycles. The van der Waals surface area contributed by atoms with Gasteiger partial charge < -0.3 is 5.11 Å². The molecule has 1 atom stereocenters. The summed E-state index contributed by atoms with van der Waals surface area (Å²) >= 11 is 0. The van der Waals surface area contributed by atoms with Crippen molar-refractivity contribution < 1.29 is 5.11 Å². The molecule has 72 valence electrons. The van der Waals surface area contributed by atoms with E-state index in [1.54, 1.807) is 6.08 Å². The van der Waals surface area contributed by atoms with Crippen molar-refractivity contribution in [1.29, 1.82) is 0 Å². The molecular weight excluding hydrogens is 160 g/mol. The van der Waals surface area contributed by atoms with E-state index in [1.807, 2.05) is 18.2 Å². The topological polar surface area (TPSA) is 20.2 Å². The number of rotatable bonds is 2. The van der Waals surface area contributed by atoms with E-state index < -0.39 is 5.60 Å². The fraction of sp³-hybridized carbons (Fsp3) is 0.500. The lowest BCUT2D eigenvalue weighted by Crippen LogP contribution is -2.24. The smallest absolute Gasteiger partial charge is 0.0864 e. The highest BCUT2D eigenvalue weighted by Crippen LogP contribution is 2.22. The highest BCUT2D eigenvalue weighted by Gasteiger charge is 2.20. The van der Waals surface area contributed by atoms with Gasteiger partial charge in [0.15, 0.2) is 0 Å². The number of hydrogen-bond donors (Lipinski definition) is 1. The molecule has 0 radical (unpaired) electrons. The molecule has 0 aliphatic heterocycles. The van der Waals surface area contributed by atoms with Gasteiger partial charge in [0.2, 0.25) is 0 Å². The van der Waals surface area contributed by atoms with Crippen molar-refractivity contribution in [2.75, 3.05) is 0 Å². The monoisotopic (exact) mass is 178 g/mol. The van der Waals surface area contributed by atoms with Crippen LogP contribution in [0.3, 0.4) is 0 Å². The van der Waals surface area contributed by atoms with Crippen LogP contribution in [0.15, 0.2) is 37.0 Å². The first-order chi connectivity index (χ1) is 6.27. The SMILES string of the molecule is C=CCC1(O)/C=C\C=C\CCCC1. The van der Waals surface area contributed by atoms with E-state index >= 15 is 0 Å². The third kappa shape index (κ3) is 3.60. The molecule has 0 aromatic heterocycles. The Morgan fingerprint density at radius 3 is 3.00 bits per heavy atom.